The summed E-state index contributed by atoms with van der Waals surface area (Å²) in [6.07, 6.45) is -1.03. The van der Waals surface area contributed by atoms with Gasteiger partial charge in [-0.3, -0.25) is 4.79 Å². The number of carbonyl (C=O) groups is 1. The number of aliphatic hydroxyl groups is 1. The second kappa shape index (κ2) is 7.60. The van der Waals surface area contributed by atoms with Crippen LogP contribution in [0.15, 0.2) is 28.8 Å². The Balaban J connectivity index is 1.98. The maximum Gasteiger partial charge on any atom is 0.273 e. The number of ether oxygens (including phenoxy) is 1. The van der Waals surface area contributed by atoms with Crippen LogP contribution >= 0.6 is 23.2 Å². The monoisotopic (exact) mass is 344 g/mol. The summed E-state index contributed by atoms with van der Waals surface area (Å²) >= 11 is 12.0. The summed E-state index contributed by atoms with van der Waals surface area (Å²) in [4.78, 5) is 11.9. The van der Waals surface area contributed by atoms with Gasteiger partial charge in [-0.1, -0.05) is 34.4 Å². The lowest BCUT2D eigenvalue weighted by molar-refractivity contribution is 0.0906. The maximum absolute atomic E-state index is 11.9. The number of rotatable bonds is 6. The molecule has 0 saturated heterocycles. The van der Waals surface area contributed by atoms with E-state index in [1.807, 2.05) is 0 Å². The zero-order chi connectivity index (χ0) is 16.1. The van der Waals surface area contributed by atoms with Gasteiger partial charge in [0.2, 0.25) is 0 Å². The minimum Gasteiger partial charge on any atom is -0.386 e. The van der Waals surface area contributed by atoms with E-state index in [0.29, 0.717) is 21.4 Å². The second-order valence-corrected chi connectivity index (χ2v) is 5.29. The van der Waals surface area contributed by atoms with Crippen LogP contribution in [0.1, 0.15) is 27.9 Å². The van der Waals surface area contributed by atoms with Crippen molar-refractivity contribution >= 4 is 29.1 Å². The Hall–Kier alpha value is -1.60. The minimum absolute atomic E-state index is 0.0608. The van der Waals surface area contributed by atoms with Gasteiger partial charge in [0.05, 0.1) is 6.10 Å². The molecule has 8 heteroatoms. The molecule has 1 atom stereocenters. The first-order valence-electron chi connectivity index (χ1n) is 6.37. The Morgan fingerprint density at radius 2 is 2.14 bits per heavy atom. The van der Waals surface area contributed by atoms with Crippen molar-refractivity contribution in [3.05, 3.63) is 51.3 Å². The first-order valence-corrected chi connectivity index (χ1v) is 7.13. The fourth-order valence-corrected chi connectivity index (χ4v) is 2.49. The van der Waals surface area contributed by atoms with Crippen molar-refractivity contribution in [1.29, 1.82) is 0 Å². The van der Waals surface area contributed by atoms with Crippen LogP contribution in [-0.4, -0.2) is 29.8 Å². The Morgan fingerprint density at radius 3 is 2.77 bits per heavy atom. The van der Waals surface area contributed by atoms with E-state index in [4.69, 9.17) is 32.5 Å². The van der Waals surface area contributed by atoms with Gasteiger partial charge < -0.3 is 19.7 Å². The van der Waals surface area contributed by atoms with Crippen molar-refractivity contribution in [3.63, 3.8) is 0 Å². The zero-order valence-electron chi connectivity index (χ0n) is 11.7. The summed E-state index contributed by atoms with van der Waals surface area (Å²) in [5, 5.41) is 16.9. The molecule has 1 aromatic carbocycles. The van der Waals surface area contributed by atoms with Crippen LogP contribution in [0, 0.1) is 0 Å². The van der Waals surface area contributed by atoms with Crippen LogP contribution in [0.25, 0.3) is 0 Å². The quantitative estimate of drug-likeness (QED) is 0.841. The summed E-state index contributed by atoms with van der Waals surface area (Å²) in [5.74, 6) is -0.0457. The normalized spacial score (nSPS) is 12.2. The molecule has 6 nitrogen and oxygen atoms in total. The molecule has 0 spiro atoms. The van der Waals surface area contributed by atoms with Crippen LogP contribution < -0.4 is 5.32 Å². The molecule has 2 N–H and O–H groups in total. The van der Waals surface area contributed by atoms with Crippen LogP contribution in [0.5, 0.6) is 0 Å². The van der Waals surface area contributed by atoms with Gasteiger partial charge >= 0.3 is 0 Å². The molecule has 0 bridgehead atoms. The van der Waals surface area contributed by atoms with Crippen molar-refractivity contribution < 1.29 is 19.2 Å². The Morgan fingerprint density at radius 1 is 1.45 bits per heavy atom. The van der Waals surface area contributed by atoms with Crippen molar-refractivity contribution in [2.45, 2.75) is 12.7 Å². The number of benzene rings is 1. The number of amides is 1. The zero-order valence-corrected chi connectivity index (χ0v) is 13.2. The Bertz CT molecular complexity index is 640. The molecule has 22 heavy (non-hydrogen) atoms. The van der Waals surface area contributed by atoms with Gasteiger partial charge in [0.25, 0.3) is 5.91 Å². The van der Waals surface area contributed by atoms with E-state index in [1.54, 1.807) is 18.2 Å². The topological polar surface area (TPSA) is 84.6 Å². The molecule has 1 unspecified atom stereocenters. The molecule has 0 aliphatic rings. The number of hydrogen-bond acceptors (Lipinski definition) is 5. The summed E-state index contributed by atoms with van der Waals surface area (Å²) in [6, 6.07) is 6.37. The molecular weight excluding hydrogens is 331 g/mol. The third-order valence-electron chi connectivity index (χ3n) is 2.87. The van der Waals surface area contributed by atoms with Gasteiger partial charge in [-0.15, -0.1) is 0 Å². The van der Waals surface area contributed by atoms with Gasteiger partial charge in [-0.05, 0) is 12.1 Å². The minimum atomic E-state index is -1.03. The molecule has 0 fully saturated rings. The first kappa shape index (κ1) is 16.8. The summed E-state index contributed by atoms with van der Waals surface area (Å²) in [6.45, 7) is 0.160. The van der Waals surface area contributed by atoms with Gasteiger partial charge in [0, 0.05) is 35.3 Å². The molecular formula is C14H14Cl2N2O4. The third-order valence-corrected chi connectivity index (χ3v) is 3.53. The van der Waals surface area contributed by atoms with Crippen LogP contribution in [0.2, 0.25) is 10.0 Å². The fourth-order valence-electron chi connectivity index (χ4n) is 1.84. The summed E-state index contributed by atoms with van der Waals surface area (Å²) < 4.78 is 9.78. The first-order chi connectivity index (χ1) is 10.5. The van der Waals surface area contributed by atoms with Crippen LogP contribution in [0.4, 0.5) is 0 Å². The summed E-state index contributed by atoms with van der Waals surface area (Å²) in [5.41, 5.74) is 0.468. The standard InChI is InChI=1S/C14H14Cl2N2O4/c1-21-7-8-5-11(18-22-8)14(20)17-6-12(19)13-9(15)3-2-4-10(13)16/h2-5,12,19H,6-7H2,1H3,(H,17,20). The highest BCUT2D eigenvalue weighted by molar-refractivity contribution is 6.36. The fraction of sp³-hybridized carbons (Fsp3) is 0.286. The average Bonchev–Trinajstić information content (AvgIpc) is 2.93. The predicted octanol–water partition coefficient (Wildman–Crippen LogP) is 2.59. The van der Waals surface area contributed by atoms with Gasteiger partial charge in [0.1, 0.15) is 6.61 Å². The highest BCUT2D eigenvalue weighted by atomic mass is 35.5. The van der Waals surface area contributed by atoms with Crippen LogP contribution in [-0.2, 0) is 11.3 Å². The molecule has 2 rings (SSSR count). The van der Waals surface area contributed by atoms with Crippen LogP contribution in [0.3, 0.4) is 0 Å². The molecule has 1 aromatic heterocycles. The van der Waals surface area contributed by atoms with Crippen molar-refractivity contribution in [2.24, 2.45) is 0 Å². The molecule has 0 saturated carbocycles. The number of methoxy groups -OCH3 is 1. The predicted molar refractivity (Wildman–Crippen MR) is 81.0 cm³/mol. The molecule has 0 radical (unpaired) electrons. The van der Waals surface area contributed by atoms with E-state index in [9.17, 15) is 9.90 Å². The van der Waals surface area contributed by atoms with Gasteiger partial charge in [-0.25, -0.2) is 0 Å². The average molecular weight is 345 g/mol. The number of aromatic nitrogens is 1. The van der Waals surface area contributed by atoms with Gasteiger partial charge in [0.15, 0.2) is 11.5 Å². The number of halogens is 2. The molecule has 1 amide bonds. The molecule has 0 aliphatic carbocycles. The largest absolute Gasteiger partial charge is 0.386 e. The van der Waals surface area contributed by atoms with Crippen molar-refractivity contribution in [2.75, 3.05) is 13.7 Å². The lowest BCUT2D eigenvalue weighted by Gasteiger charge is -2.14. The number of nitrogens with one attached hydrogen (secondary N) is 1. The van der Waals surface area contributed by atoms with Crippen molar-refractivity contribution in [1.82, 2.24) is 10.5 Å². The SMILES string of the molecule is COCc1cc(C(=O)NCC(O)c2c(Cl)cccc2Cl)no1. The summed E-state index contributed by atoms with van der Waals surface area (Å²) in [7, 11) is 1.51. The number of hydrogen-bond donors (Lipinski definition) is 2. The number of carbonyl (C=O) groups excluding carboxylic acids is 1. The van der Waals surface area contributed by atoms with Crippen molar-refractivity contribution in [3.8, 4) is 0 Å². The third kappa shape index (κ3) is 3.98. The second-order valence-electron chi connectivity index (χ2n) is 4.47. The highest BCUT2D eigenvalue weighted by Gasteiger charge is 2.18. The number of aliphatic hydroxyl groups excluding tert-OH is 1. The smallest absolute Gasteiger partial charge is 0.273 e. The maximum atomic E-state index is 11.9. The van der Waals surface area contributed by atoms with E-state index < -0.39 is 12.0 Å². The van der Waals surface area contributed by atoms with E-state index in [0.717, 1.165) is 0 Å². The highest BCUT2D eigenvalue weighted by Crippen LogP contribution is 2.29. The lowest BCUT2D eigenvalue weighted by atomic mass is 10.1. The van der Waals surface area contributed by atoms with E-state index in [1.165, 1.54) is 13.2 Å². The number of nitrogens with zero attached hydrogens (tertiary/aromatic N) is 1. The molecule has 2 aromatic rings. The van der Waals surface area contributed by atoms with E-state index in [2.05, 4.69) is 10.5 Å². The van der Waals surface area contributed by atoms with Gasteiger partial charge in [-0.2, -0.15) is 0 Å². The van der Waals surface area contributed by atoms with E-state index in [-0.39, 0.29) is 18.8 Å². The lowest BCUT2D eigenvalue weighted by Crippen LogP contribution is -2.28. The Labute approximate surface area is 137 Å². The van der Waals surface area contributed by atoms with E-state index >= 15 is 0 Å². The Kier molecular flexibility index (Phi) is 5.79. The molecule has 0 aliphatic heterocycles. The molecule has 1 heterocycles. The molecule has 118 valence electrons.